The van der Waals surface area contributed by atoms with Crippen LogP contribution in [0.25, 0.3) is 11.1 Å². The first-order chi connectivity index (χ1) is 19.6. The van der Waals surface area contributed by atoms with E-state index in [4.69, 9.17) is 9.47 Å². The van der Waals surface area contributed by atoms with Crippen LogP contribution in [0.1, 0.15) is 75.5 Å². The molecule has 1 aliphatic carbocycles. The van der Waals surface area contributed by atoms with Crippen molar-refractivity contribution in [1.29, 1.82) is 0 Å². The highest BCUT2D eigenvalue weighted by Gasteiger charge is 2.32. The maximum Gasteiger partial charge on any atom is 0.314 e. The van der Waals surface area contributed by atoms with Crippen molar-refractivity contribution in [3.8, 4) is 22.6 Å². The Morgan fingerprint density at radius 2 is 1.37 bits per heavy atom. The lowest BCUT2D eigenvalue weighted by Gasteiger charge is -2.28. The average molecular weight is 581 g/mol. The first-order valence-corrected chi connectivity index (χ1v) is 13.6. The van der Waals surface area contributed by atoms with E-state index in [0.717, 1.165) is 24.3 Å². The number of carbonyl (C=O) groups is 1. The van der Waals surface area contributed by atoms with Crippen molar-refractivity contribution >= 4 is 5.97 Å². The van der Waals surface area contributed by atoms with Crippen LogP contribution in [0.2, 0.25) is 0 Å². The lowest BCUT2D eigenvalue weighted by Crippen LogP contribution is -2.26. The van der Waals surface area contributed by atoms with Crippen LogP contribution in [0.5, 0.6) is 11.5 Å². The first kappa shape index (κ1) is 30.4. The summed E-state index contributed by atoms with van der Waals surface area (Å²) in [6, 6.07) is 6.92. The van der Waals surface area contributed by atoms with E-state index in [2.05, 4.69) is 0 Å². The van der Waals surface area contributed by atoms with Crippen LogP contribution in [0, 0.1) is 40.8 Å². The minimum absolute atomic E-state index is 0.0765. The Morgan fingerprint density at radius 3 is 1.95 bits per heavy atom. The molecule has 4 nitrogen and oxygen atoms in total. The molecule has 1 N–H and O–H groups in total. The SMILES string of the molecule is CCCC(O)c1ccc(C2CCC(C(=O)Oc3ccc(-c4ccc(OCC)c(F)c4F)c(F)c3F)CC2)c(F)c1F. The second-order valence-corrected chi connectivity index (χ2v) is 10.1. The highest BCUT2D eigenvalue weighted by atomic mass is 19.2. The maximum atomic E-state index is 14.9. The second-order valence-electron chi connectivity index (χ2n) is 10.1. The lowest BCUT2D eigenvalue weighted by atomic mass is 9.78. The van der Waals surface area contributed by atoms with Gasteiger partial charge < -0.3 is 14.6 Å². The molecule has 0 amide bonds. The Labute approximate surface area is 233 Å². The van der Waals surface area contributed by atoms with Crippen LogP contribution in [0.4, 0.5) is 26.3 Å². The molecule has 1 saturated carbocycles. The van der Waals surface area contributed by atoms with Gasteiger partial charge in [-0.3, -0.25) is 4.79 Å². The summed E-state index contributed by atoms with van der Waals surface area (Å²) in [5.41, 5.74) is -1.04. The van der Waals surface area contributed by atoms with Gasteiger partial charge in [0.15, 0.2) is 34.8 Å². The summed E-state index contributed by atoms with van der Waals surface area (Å²) < 4.78 is 98.0. The summed E-state index contributed by atoms with van der Waals surface area (Å²) in [5.74, 6) is -10.9. The summed E-state index contributed by atoms with van der Waals surface area (Å²) in [4.78, 5) is 12.7. The lowest BCUT2D eigenvalue weighted by molar-refractivity contribution is -0.140. The van der Waals surface area contributed by atoms with Crippen LogP contribution >= 0.6 is 0 Å². The Morgan fingerprint density at radius 1 is 0.780 bits per heavy atom. The molecule has 1 aliphatic rings. The predicted octanol–water partition coefficient (Wildman–Crippen LogP) is 8.30. The molecule has 10 heteroatoms. The third-order valence-corrected chi connectivity index (χ3v) is 7.46. The standard InChI is InChI=1S/C31H30F6O4/c1-3-5-22(38)21-11-10-18(25(32)28(21)35)16-6-8-17(9-7-16)31(39)41-24-15-13-20(27(34)30(24)37)19-12-14-23(40-4-2)29(36)26(19)33/h10-17,22,38H,3-9H2,1-2H3. The first-order valence-electron chi connectivity index (χ1n) is 13.6. The topological polar surface area (TPSA) is 55.8 Å². The normalized spacial score (nSPS) is 17.8. The fraction of sp³-hybridized carbons (Fsp3) is 0.387. The van der Waals surface area contributed by atoms with E-state index in [9.17, 15) is 36.2 Å². The molecule has 0 radical (unpaired) electrons. The summed E-state index contributed by atoms with van der Waals surface area (Å²) >= 11 is 0. The number of rotatable bonds is 9. The molecule has 1 unspecified atom stereocenters. The largest absolute Gasteiger partial charge is 0.491 e. The molecule has 0 saturated heterocycles. The van der Waals surface area contributed by atoms with Gasteiger partial charge in [-0.2, -0.15) is 8.78 Å². The second kappa shape index (κ2) is 13.0. The van der Waals surface area contributed by atoms with E-state index in [1.54, 1.807) is 6.92 Å². The van der Waals surface area contributed by atoms with Crippen molar-refractivity contribution in [2.75, 3.05) is 6.61 Å². The van der Waals surface area contributed by atoms with Crippen LogP contribution in [0.15, 0.2) is 36.4 Å². The Bertz CT molecular complexity index is 1420. The average Bonchev–Trinajstić information content (AvgIpc) is 2.96. The van der Waals surface area contributed by atoms with Crippen molar-refractivity contribution in [3.63, 3.8) is 0 Å². The van der Waals surface area contributed by atoms with Gasteiger partial charge in [-0.05, 0) is 74.8 Å². The predicted molar refractivity (Wildman–Crippen MR) is 139 cm³/mol. The Hall–Kier alpha value is -3.53. The van der Waals surface area contributed by atoms with Crippen LogP contribution in [-0.4, -0.2) is 17.7 Å². The number of hydrogen-bond acceptors (Lipinski definition) is 4. The quantitative estimate of drug-likeness (QED) is 0.157. The van der Waals surface area contributed by atoms with Gasteiger partial charge in [0.25, 0.3) is 0 Å². The molecule has 1 atom stereocenters. The number of carbonyl (C=O) groups excluding carboxylic acids is 1. The van der Waals surface area contributed by atoms with Crippen molar-refractivity contribution < 1.29 is 45.7 Å². The van der Waals surface area contributed by atoms with E-state index < -0.39 is 69.8 Å². The summed E-state index contributed by atoms with van der Waals surface area (Å²) in [6.07, 6.45) is 0.929. The van der Waals surface area contributed by atoms with Crippen LogP contribution < -0.4 is 9.47 Å². The summed E-state index contributed by atoms with van der Waals surface area (Å²) in [6.45, 7) is 3.47. The minimum atomic E-state index is -1.54. The number of aliphatic hydroxyl groups is 1. The number of aliphatic hydroxyl groups excluding tert-OH is 1. The molecule has 3 aromatic carbocycles. The molecule has 3 aromatic rings. The van der Waals surface area contributed by atoms with E-state index in [-0.39, 0.29) is 42.2 Å². The zero-order chi connectivity index (χ0) is 29.8. The van der Waals surface area contributed by atoms with Gasteiger partial charge in [0, 0.05) is 16.7 Å². The van der Waals surface area contributed by atoms with Gasteiger partial charge in [-0.25, -0.2) is 17.6 Å². The fourth-order valence-electron chi connectivity index (χ4n) is 5.24. The molecule has 0 bridgehead atoms. The zero-order valence-electron chi connectivity index (χ0n) is 22.6. The molecule has 0 aliphatic heterocycles. The molecule has 1 fully saturated rings. The number of halogens is 6. The van der Waals surface area contributed by atoms with Gasteiger partial charge in [0.05, 0.1) is 18.6 Å². The van der Waals surface area contributed by atoms with Gasteiger partial charge >= 0.3 is 5.97 Å². The Balaban J connectivity index is 1.43. The zero-order valence-corrected chi connectivity index (χ0v) is 22.6. The smallest absolute Gasteiger partial charge is 0.314 e. The third kappa shape index (κ3) is 6.22. The van der Waals surface area contributed by atoms with Gasteiger partial charge in [0.1, 0.15) is 0 Å². The molecular formula is C31H30F6O4. The highest BCUT2D eigenvalue weighted by Crippen LogP contribution is 2.40. The van der Waals surface area contributed by atoms with E-state index >= 15 is 0 Å². The highest BCUT2D eigenvalue weighted by molar-refractivity contribution is 5.76. The van der Waals surface area contributed by atoms with Crippen molar-refractivity contribution in [2.45, 2.75) is 64.4 Å². The molecule has 41 heavy (non-hydrogen) atoms. The van der Waals surface area contributed by atoms with Crippen molar-refractivity contribution in [3.05, 3.63) is 82.4 Å². The van der Waals surface area contributed by atoms with E-state index in [1.165, 1.54) is 12.1 Å². The minimum Gasteiger partial charge on any atom is -0.491 e. The monoisotopic (exact) mass is 580 g/mol. The molecule has 0 spiro atoms. The molecule has 220 valence electrons. The molecular weight excluding hydrogens is 550 g/mol. The van der Waals surface area contributed by atoms with E-state index in [0.29, 0.717) is 25.7 Å². The summed E-state index contributed by atoms with van der Waals surface area (Å²) in [7, 11) is 0. The van der Waals surface area contributed by atoms with E-state index in [1.807, 2.05) is 6.92 Å². The van der Waals surface area contributed by atoms with Crippen LogP contribution in [-0.2, 0) is 4.79 Å². The number of esters is 1. The van der Waals surface area contributed by atoms with Gasteiger partial charge in [-0.1, -0.05) is 25.5 Å². The summed E-state index contributed by atoms with van der Waals surface area (Å²) in [5, 5.41) is 10.1. The van der Waals surface area contributed by atoms with Crippen LogP contribution in [0.3, 0.4) is 0 Å². The maximum absolute atomic E-state index is 14.9. The fourth-order valence-corrected chi connectivity index (χ4v) is 5.24. The Kier molecular flexibility index (Phi) is 9.63. The third-order valence-electron chi connectivity index (χ3n) is 7.46. The molecule has 4 rings (SSSR count). The number of hydrogen-bond donors (Lipinski definition) is 1. The number of ether oxygens (including phenoxy) is 2. The van der Waals surface area contributed by atoms with Crippen molar-refractivity contribution in [2.24, 2.45) is 5.92 Å². The molecule has 0 aromatic heterocycles. The van der Waals surface area contributed by atoms with Crippen molar-refractivity contribution in [1.82, 2.24) is 0 Å². The molecule has 0 heterocycles. The van der Waals surface area contributed by atoms with Gasteiger partial charge in [-0.15, -0.1) is 0 Å². The van der Waals surface area contributed by atoms with Gasteiger partial charge in [0.2, 0.25) is 11.6 Å². The number of benzene rings is 3.